The standard InChI is InChI=1S/C28H51N3O16/c1-16(34)29-21-20-25(38)28(20,39)19(13-33)47-26(21)44-10-8-40-4-6-42-14-31(3)15-43-7-5-41-9-11-45-27-22(30-17(2)35)24(37)23(36)18(12-32)46-27/h18-27,32-33,36-39H,4-15H2,1-3H3,(H,29,34)(H,30,35)/p+1. The topological polar surface area (TPSA) is 258 Å². The van der Waals surface area contributed by atoms with Crippen LogP contribution in [0.3, 0.4) is 0 Å². The molecule has 19 heteroatoms. The number of rotatable bonds is 22. The zero-order valence-electron chi connectivity index (χ0n) is 27.0. The van der Waals surface area contributed by atoms with Crippen molar-refractivity contribution >= 4 is 11.8 Å². The lowest BCUT2D eigenvalue weighted by molar-refractivity contribution is -0.919. The number of hydrogen-bond acceptors (Lipinski definition) is 16. The van der Waals surface area contributed by atoms with E-state index in [-0.39, 0.29) is 38.9 Å². The van der Waals surface area contributed by atoms with Crippen LogP contribution in [0.25, 0.3) is 0 Å². The van der Waals surface area contributed by atoms with Crippen molar-refractivity contribution in [2.75, 3.05) is 86.6 Å². The molecule has 12 unspecified atom stereocenters. The van der Waals surface area contributed by atoms with Crippen LogP contribution in [-0.2, 0) is 47.5 Å². The minimum absolute atomic E-state index is 0.0694. The maximum Gasteiger partial charge on any atom is 0.217 e. The first kappa shape index (κ1) is 39.8. The average Bonchev–Trinajstić information content (AvgIpc) is 3.59. The van der Waals surface area contributed by atoms with Gasteiger partial charge in [0.15, 0.2) is 26.0 Å². The van der Waals surface area contributed by atoms with Crippen molar-refractivity contribution in [2.24, 2.45) is 5.92 Å². The zero-order chi connectivity index (χ0) is 34.6. The summed E-state index contributed by atoms with van der Waals surface area (Å²) >= 11 is 0. The highest BCUT2D eigenvalue weighted by Gasteiger charge is 2.75. The Morgan fingerprint density at radius 1 is 0.723 bits per heavy atom. The van der Waals surface area contributed by atoms with Gasteiger partial charge in [0.1, 0.15) is 36.1 Å². The summed E-state index contributed by atoms with van der Waals surface area (Å²) in [5.74, 6) is -1.52. The van der Waals surface area contributed by atoms with Gasteiger partial charge in [-0.1, -0.05) is 0 Å². The summed E-state index contributed by atoms with van der Waals surface area (Å²) < 4.78 is 44.5. The van der Waals surface area contributed by atoms with E-state index < -0.39 is 85.8 Å². The highest BCUT2D eigenvalue weighted by atomic mass is 16.7. The smallest absolute Gasteiger partial charge is 0.217 e. The van der Waals surface area contributed by atoms with Crippen LogP contribution in [0.1, 0.15) is 13.8 Å². The van der Waals surface area contributed by atoms with Gasteiger partial charge in [-0.25, -0.2) is 0 Å². The van der Waals surface area contributed by atoms with E-state index in [1.54, 1.807) is 0 Å². The van der Waals surface area contributed by atoms with Crippen LogP contribution in [0.4, 0.5) is 0 Å². The highest BCUT2D eigenvalue weighted by Crippen LogP contribution is 2.54. The number of hydrogen-bond donors (Lipinski definition) is 9. The minimum Gasteiger partial charge on any atom is -0.394 e. The third-order valence-electron chi connectivity index (χ3n) is 7.98. The Balaban J connectivity index is 1.17. The van der Waals surface area contributed by atoms with Gasteiger partial charge in [-0.2, -0.15) is 0 Å². The van der Waals surface area contributed by atoms with Gasteiger partial charge >= 0.3 is 0 Å². The van der Waals surface area contributed by atoms with Crippen molar-refractivity contribution in [3.05, 3.63) is 0 Å². The molecule has 0 radical (unpaired) electrons. The van der Waals surface area contributed by atoms with E-state index in [0.29, 0.717) is 33.3 Å². The molecule has 0 aromatic heterocycles. The quantitative estimate of drug-likeness (QED) is 0.0379. The van der Waals surface area contributed by atoms with Crippen molar-refractivity contribution < 1.29 is 83.0 Å². The molecule has 3 aliphatic rings. The number of nitrogens with one attached hydrogen (secondary N) is 3. The van der Waals surface area contributed by atoms with E-state index in [9.17, 15) is 40.2 Å². The van der Waals surface area contributed by atoms with Gasteiger partial charge in [-0.15, -0.1) is 0 Å². The second-order valence-electron chi connectivity index (χ2n) is 11.7. The molecule has 19 nitrogen and oxygen atoms in total. The number of quaternary nitrogens is 1. The second-order valence-corrected chi connectivity index (χ2v) is 11.7. The first-order chi connectivity index (χ1) is 22.4. The zero-order valence-corrected chi connectivity index (χ0v) is 27.0. The molecule has 1 aliphatic carbocycles. The third kappa shape index (κ3) is 11.2. The van der Waals surface area contributed by atoms with E-state index in [1.165, 1.54) is 13.8 Å². The molecule has 0 aromatic carbocycles. The number of fused-ring (bicyclic) bond motifs is 1. The normalized spacial score (nSPS) is 35.6. The minimum atomic E-state index is -1.63. The van der Waals surface area contributed by atoms with Crippen LogP contribution in [0.2, 0.25) is 0 Å². The molecule has 9 N–H and O–H groups in total. The van der Waals surface area contributed by atoms with Crippen molar-refractivity contribution in [3.8, 4) is 0 Å². The van der Waals surface area contributed by atoms with Crippen LogP contribution in [0.5, 0.6) is 0 Å². The molecule has 0 aromatic rings. The Kier molecular flexibility index (Phi) is 16.5. The van der Waals surface area contributed by atoms with Crippen LogP contribution >= 0.6 is 0 Å². The monoisotopic (exact) mass is 686 g/mol. The van der Waals surface area contributed by atoms with Gasteiger partial charge in [-0.3, -0.25) is 14.5 Å². The van der Waals surface area contributed by atoms with E-state index in [2.05, 4.69) is 10.6 Å². The fraction of sp³-hybridized carbons (Fsp3) is 0.929. The fourth-order valence-electron chi connectivity index (χ4n) is 5.57. The molecule has 0 spiro atoms. The Morgan fingerprint density at radius 3 is 1.72 bits per heavy atom. The van der Waals surface area contributed by atoms with Gasteiger partial charge in [0.25, 0.3) is 0 Å². The summed E-state index contributed by atoms with van der Waals surface area (Å²) in [7, 11) is 1.89. The van der Waals surface area contributed by atoms with Gasteiger partial charge < -0.3 is 79.2 Å². The first-order valence-corrected chi connectivity index (χ1v) is 15.6. The predicted octanol–water partition coefficient (Wildman–Crippen LogP) is -6.60. The SMILES string of the molecule is CC(=O)NC1C(OCCOCCOC[NH+](C)COCCOCCOC2OC(CO)C3(O)C(O)C3C2NC(C)=O)OC(CO)C(O)C1O. The summed E-state index contributed by atoms with van der Waals surface area (Å²) in [5, 5.41) is 65.1. The number of aliphatic hydroxyl groups excluding tert-OH is 5. The Bertz CT molecular complexity index is 953. The van der Waals surface area contributed by atoms with Crippen LogP contribution in [-0.4, -0.2) is 190 Å². The van der Waals surface area contributed by atoms with Gasteiger partial charge in [0.05, 0.1) is 85.3 Å². The predicted molar refractivity (Wildman–Crippen MR) is 155 cm³/mol. The highest BCUT2D eigenvalue weighted by molar-refractivity contribution is 5.73. The molecule has 47 heavy (non-hydrogen) atoms. The molecule has 2 amide bonds. The summed E-state index contributed by atoms with van der Waals surface area (Å²) in [6, 6.07) is -1.79. The van der Waals surface area contributed by atoms with Crippen molar-refractivity contribution in [2.45, 2.75) is 74.6 Å². The summed E-state index contributed by atoms with van der Waals surface area (Å²) in [5.41, 5.74) is -1.63. The van der Waals surface area contributed by atoms with Crippen molar-refractivity contribution in [1.29, 1.82) is 0 Å². The van der Waals surface area contributed by atoms with Crippen molar-refractivity contribution in [1.82, 2.24) is 10.6 Å². The average molecular weight is 687 g/mol. The van der Waals surface area contributed by atoms with Gasteiger partial charge in [0, 0.05) is 19.8 Å². The van der Waals surface area contributed by atoms with Gasteiger partial charge in [0.2, 0.25) is 11.8 Å². The molecule has 1 saturated carbocycles. The fourth-order valence-corrected chi connectivity index (χ4v) is 5.57. The van der Waals surface area contributed by atoms with E-state index in [0.717, 1.165) is 4.90 Å². The largest absolute Gasteiger partial charge is 0.394 e. The van der Waals surface area contributed by atoms with E-state index >= 15 is 0 Å². The Morgan fingerprint density at radius 2 is 1.21 bits per heavy atom. The second kappa shape index (κ2) is 19.5. The molecule has 2 heterocycles. The van der Waals surface area contributed by atoms with Gasteiger partial charge in [-0.05, 0) is 0 Å². The molecular weight excluding hydrogens is 634 g/mol. The number of amides is 2. The molecule has 2 saturated heterocycles. The summed E-state index contributed by atoms with van der Waals surface area (Å²) in [6.45, 7) is 4.04. The Labute approximate surface area is 272 Å². The number of aliphatic hydroxyl groups is 6. The van der Waals surface area contributed by atoms with E-state index in [1.807, 2.05) is 7.05 Å². The van der Waals surface area contributed by atoms with E-state index in [4.69, 9.17) is 37.9 Å². The number of carbonyl (C=O) groups is 2. The molecule has 3 fully saturated rings. The molecular formula is C28H52N3O16+. The van der Waals surface area contributed by atoms with Crippen LogP contribution < -0.4 is 15.5 Å². The maximum absolute atomic E-state index is 11.6. The molecule has 12 atom stereocenters. The first-order valence-electron chi connectivity index (χ1n) is 15.6. The summed E-state index contributed by atoms with van der Waals surface area (Å²) in [6.07, 6.45) is -8.05. The molecule has 3 rings (SSSR count). The number of ether oxygens (including phenoxy) is 8. The Hall–Kier alpha value is -1.66. The molecule has 2 aliphatic heterocycles. The van der Waals surface area contributed by atoms with Crippen molar-refractivity contribution in [3.63, 3.8) is 0 Å². The molecule has 274 valence electrons. The lowest BCUT2D eigenvalue weighted by atomic mass is 9.97. The maximum atomic E-state index is 11.6. The van der Waals surface area contributed by atoms with Crippen LogP contribution in [0, 0.1) is 5.92 Å². The van der Waals surface area contributed by atoms with Crippen LogP contribution in [0.15, 0.2) is 0 Å². The third-order valence-corrected chi connectivity index (χ3v) is 7.98. The number of carbonyl (C=O) groups excluding carboxylic acids is 2. The summed E-state index contributed by atoms with van der Waals surface area (Å²) in [4.78, 5) is 24.0. The lowest BCUT2D eigenvalue weighted by Crippen LogP contribution is -3.09. The molecule has 0 bridgehead atoms. The lowest BCUT2D eigenvalue weighted by Gasteiger charge is -2.42.